The van der Waals surface area contributed by atoms with Gasteiger partial charge < -0.3 is 10.6 Å². The maximum atomic E-state index is 12.2. The Balaban J connectivity index is 0.00000324. The van der Waals surface area contributed by atoms with Crippen molar-refractivity contribution in [2.75, 3.05) is 19.1 Å². The van der Waals surface area contributed by atoms with Crippen molar-refractivity contribution < 1.29 is 4.79 Å². The Hall–Kier alpha value is -0.710. The van der Waals surface area contributed by atoms with Crippen molar-refractivity contribution >= 4 is 30.1 Å². The zero-order valence-electron chi connectivity index (χ0n) is 11.8. The van der Waals surface area contributed by atoms with Crippen molar-refractivity contribution in [2.24, 2.45) is 5.73 Å². The Kier molecular flexibility index (Phi) is 8.89. The van der Waals surface area contributed by atoms with Crippen molar-refractivity contribution in [2.45, 2.75) is 25.9 Å². The summed E-state index contributed by atoms with van der Waals surface area (Å²) < 4.78 is 0. The minimum absolute atomic E-state index is 0. The van der Waals surface area contributed by atoms with Crippen LogP contribution < -0.4 is 5.73 Å². The van der Waals surface area contributed by atoms with E-state index in [1.807, 2.05) is 48.0 Å². The molecular formula is C14H23ClN2OS. The molecule has 0 radical (unpaired) electrons. The van der Waals surface area contributed by atoms with Gasteiger partial charge in [0, 0.05) is 25.2 Å². The molecule has 0 fully saturated rings. The third-order valence-electron chi connectivity index (χ3n) is 3.16. The zero-order valence-corrected chi connectivity index (χ0v) is 13.4. The molecule has 1 atom stereocenters. The molecule has 1 amide bonds. The molecule has 108 valence electrons. The highest BCUT2D eigenvalue weighted by atomic mass is 35.5. The van der Waals surface area contributed by atoms with Gasteiger partial charge in [-0.3, -0.25) is 4.79 Å². The normalized spacial score (nSPS) is 11.6. The molecule has 0 saturated carbocycles. The third-order valence-corrected chi connectivity index (χ3v) is 3.80. The van der Waals surface area contributed by atoms with E-state index in [1.54, 1.807) is 0 Å². The van der Waals surface area contributed by atoms with Gasteiger partial charge in [-0.05, 0) is 43.0 Å². The zero-order chi connectivity index (χ0) is 13.5. The van der Waals surface area contributed by atoms with Crippen molar-refractivity contribution in [1.29, 1.82) is 0 Å². The Labute approximate surface area is 126 Å². The molecule has 3 nitrogen and oxygen atoms in total. The predicted molar refractivity (Wildman–Crippen MR) is 86.1 cm³/mol. The van der Waals surface area contributed by atoms with Crippen LogP contribution in [0.4, 0.5) is 0 Å². The summed E-state index contributed by atoms with van der Waals surface area (Å²) in [6, 6.07) is 7.78. The fourth-order valence-corrected chi connectivity index (χ4v) is 2.25. The second-order valence-electron chi connectivity index (χ2n) is 4.45. The van der Waals surface area contributed by atoms with Crippen LogP contribution in [-0.2, 0) is 6.54 Å². The van der Waals surface area contributed by atoms with E-state index in [2.05, 4.69) is 13.2 Å². The van der Waals surface area contributed by atoms with Gasteiger partial charge in [0.25, 0.3) is 5.91 Å². The fourth-order valence-electron chi connectivity index (χ4n) is 1.67. The maximum Gasteiger partial charge on any atom is 0.253 e. The Morgan fingerprint density at radius 1 is 1.37 bits per heavy atom. The van der Waals surface area contributed by atoms with E-state index in [0.717, 1.165) is 23.3 Å². The van der Waals surface area contributed by atoms with Crippen LogP contribution in [0.15, 0.2) is 24.3 Å². The second-order valence-corrected chi connectivity index (χ2v) is 5.43. The number of rotatable bonds is 6. The van der Waals surface area contributed by atoms with E-state index in [0.29, 0.717) is 6.54 Å². The Morgan fingerprint density at radius 3 is 2.42 bits per heavy atom. The van der Waals surface area contributed by atoms with Gasteiger partial charge in [0.2, 0.25) is 0 Å². The molecule has 5 heteroatoms. The lowest BCUT2D eigenvalue weighted by Crippen LogP contribution is -2.35. The number of hydrogen-bond acceptors (Lipinski definition) is 3. The Bertz CT molecular complexity index is 384. The average Bonchev–Trinajstić information content (AvgIpc) is 2.43. The summed E-state index contributed by atoms with van der Waals surface area (Å²) in [6.45, 7) is 2.59. The van der Waals surface area contributed by atoms with Crippen molar-refractivity contribution in [3.63, 3.8) is 0 Å². The van der Waals surface area contributed by atoms with E-state index in [9.17, 15) is 4.79 Å². The summed E-state index contributed by atoms with van der Waals surface area (Å²) in [6.07, 6.45) is 3.10. The molecule has 0 aliphatic rings. The smallest absolute Gasteiger partial charge is 0.253 e. The van der Waals surface area contributed by atoms with Crippen molar-refractivity contribution in [3.05, 3.63) is 35.4 Å². The van der Waals surface area contributed by atoms with Crippen LogP contribution in [0, 0.1) is 0 Å². The summed E-state index contributed by atoms with van der Waals surface area (Å²) in [5, 5.41) is 0. The molecule has 0 heterocycles. The Morgan fingerprint density at radius 2 is 1.95 bits per heavy atom. The van der Waals surface area contributed by atoms with Gasteiger partial charge in [-0.15, -0.1) is 12.4 Å². The van der Waals surface area contributed by atoms with Gasteiger partial charge in [-0.25, -0.2) is 0 Å². The summed E-state index contributed by atoms with van der Waals surface area (Å²) in [7, 11) is 1.87. The summed E-state index contributed by atoms with van der Waals surface area (Å²) in [4.78, 5) is 14.0. The molecule has 0 aliphatic carbocycles. The molecule has 0 spiro atoms. The van der Waals surface area contributed by atoms with E-state index in [1.165, 1.54) is 0 Å². The van der Waals surface area contributed by atoms with Crippen molar-refractivity contribution in [3.8, 4) is 0 Å². The minimum atomic E-state index is 0. The first-order chi connectivity index (χ1) is 8.60. The molecule has 1 rings (SSSR count). The number of nitrogens with two attached hydrogens (primary N) is 1. The maximum absolute atomic E-state index is 12.2. The highest BCUT2D eigenvalue weighted by Crippen LogP contribution is 2.11. The first-order valence-corrected chi connectivity index (χ1v) is 7.54. The van der Waals surface area contributed by atoms with E-state index >= 15 is 0 Å². The molecule has 0 bridgehead atoms. The van der Waals surface area contributed by atoms with Gasteiger partial charge >= 0.3 is 0 Å². The molecule has 2 N–H and O–H groups in total. The van der Waals surface area contributed by atoms with Crippen LogP contribution in [0.3, 0.4) is 0 Å². The lowest BCUT2D eigenvalue weighted by atomic mass is 10.1. The van der Waals surface area contributed by atoms with E-state index in [4.69, 9.17) is 5.73 Å². The largest absolute Gasteiger partial charge is 0.339 e. The number of carbonyl (C=O) groups excluding carboxylic acids is 1. The van der Waals surface area contributed by atoms with Gasteiger partial charge in [0.1, 0.15) is 0 Å². The van der Waals surface area contributed by atoms with Crippen LogP contribution in [0.25, 0.3) is 0 Å². The molecule has 19 heavy (non-hydrogen) atoms. The molecule has 0 aliphatic heterocycles. The predicted octanol–water partition coefficient (Wildman–Crippen LogP) is 2.78. The topological polar surface area (TPSA) is 46.3 Å². The van der Waals surface area contributed by atoms with Crippen LogP contribution in [0.5, 0.6) is 0 Å². The minimum Gasteiger partial charge on any atom is -0.339 e. The van der Waals surface area contributed by atoms with Gasteiger partial charge in [0.15, 0.2) is 0 Å². The number of benzene rings is 1. The second kappa shape index (κ2) is 9.23. The number of thioether (sulfide) groups is 1. The average molecular weight is 303 g/mol. The lowest BCUT2D eigenvalue weighted by Gasteiger charge is -2.25. The third kappa shape index (κ3) is 5.43. The molecule has 1 aromatic rings. The summed E-state index contributed by atoms with van der Waals surface area (Å²) in [5.74, 6) is 1.15. The molecule has 1 aromatic carbocycles. The number of halogens is 1. The first-order valence-electron chi connectivity index (χ1n) is 6.15. The van der Waals surface area contributed by atoms with Gasteiger partial charge in [0.05, 0.1) is 0 Å². The van der Waals surface area contributed by atoms with E-state index < -0.39 is 0 Å². The quantitative estimate of drug-likeness (QED) is 0.879. The van der Waals surface area contributed by atoms with Gasteiger partial charge in [-0.2, -0.15) is 11.8 Å². The number of hydrogen-bond donors (Lipinski definition) is 1. The monoisotopic (exact) mass is 302 g/mol. The lowest BCUT2D eigenvalue weighted by molar-refractivity contribution is 0.0741. The first kappa shape index (κ1) is 18.3. The van der Waals surface area contributed by atoms with E-state index in [-0.39, 0.29) is 24.4 Å². The summed E-state index contributed by atoms with van der Waals surface area (Å²) in [5.41, 5.74) is 7.31. The highest BCUT2D eigenvalue weighted by molar-refractivity contribution is 7.98. The van der Waals surface area contributed by atoms with Gasteiger partial charge in [-0.1, -0.05) is 12.1 Å². The highest BCUT2D eigenvalue weighted by Gasteiger charge is 2.16. The number of amides is 1. The van der Waals surface area contributed by atoms with Crippen LogP contribution in [0.2, 0.25) is 0 Å². The molecule has 1 unspecified atom stereocenters. The van der Waals surface area contributed by atoms with Crippen LogP contribution in [0.1, 0.15) is 29.3 Å². The van der Waals surface area contributed by atoms with Crippen molar-refractivity contribution in [1.82, 2.24) is 4.90 Å². The molecular weight excluding hydrogens is 280 g/mol. The van der Waals surface area contributed by atoms with Crippen LogP contribution in [-0.4, -0.2) is 35.9 Å². The summed E-state index contributed by atoms with van der Waals surface area (Å²) >= 11 is 1.81. The molecule has 0 aromatic heterocycles. The number of nitrogens with zero attached hydrogens (tertiary/aromatic N) is 1. The SMILES string of the molecule is CSCCC(C)N(C)C(=O)c1ccc(CN)cc1.Cl. The molecule has 0 saturated heterocycles. The number of carbonyl (C=O) groups is 1. The van der Waals surface area contributed by atoms with Crippen LogP contribution >= 0.6 is 24.2 Å². The fraction of sp³-hybridized carbons (Fsp3) is 0.500. The standard InChI is InChI=1S/C14H22N2OS.ClH/c1-11(8-9-18-3)16(2)14(17)13-6-4-12(10-15)5-7-13;/h4-7,11H,8-10,15H2,1-3H3;1H.